The van der Waals surface area contributed by atoms with Gasteiger partial charge in [0.1, 0.15) is 6.54 Å². The average Bonchev–Trinajstić information content (AvgIpc) is 2.81. The molecule has 1 aromatic rings. The van der Waals surface area contributed by atoms with E-state index in [0.29, 0.717) is 19.1 Å². The van der Waals surface area contributed by atoms with E-state index in [4.69, 9.17) is 4.74 Å². The van der Waals surface area contributed by atoms with Crippen molar-refractivity contribution in [3.63, 3.8) is 0 Å². The monoisotopic (exact) mass is 352 g/mol. The van der Waals surface area contributed by atoms with Gasteiger partial charge in [-0.1, -0.05) is 0 Å². The van der Waals surface area contributed by atoms with Gasteiger partial charge < -0.3 is 20.3 Å². The van der Waals surface area contributed by atoms with E-state index in [0.717, 1.165) is 25.1 Å². The molecule has 0 atom stereocenters. The van der Waals surface area contributed by atoms with Crippen LogP contribution in [-0.4, -0.2) is 74.0 Å². The molecular formula is C17H32N6O2. The van der Waals surface area contributed by atoms with Gasteiger partial charge in [0.05, 0.1) is 12.3 Å². The van der Waals surface area contributed by atoms with E-state index in [1.54, 1.807) is 21.2 Å². The van der Waals surface area contributed by atoms with Crippen LogP contribution in [0, 0.1) is 13.8 Å². The van der Waals surface area contributed by atoms with Crippen LogP contribution in [0.3, 0.4) is 0 Å². The van der Waals surface area contributed by atoms with Crippen LogP contribution in [0.25, 0.3) is 0 Å². The highest BCUT2D eigenvalue weighted by Gasteiger charge is 2.09. The molecule has 0 aromatic carbocycles. The van der Waals surface area contributed by atoms with E-state index in [1.165, 1.54) is 16.2 Å². The number of hydrogen-bond acceptors (Lipinski definition) is 4. The number of likely N-dealkylation sites (N-methyl/N-ethyl adjacent to an activating group) is 1. The molecule has 0 unspecified atom stereocenters. The largest absolute Gasteiger partial charge is 0.383 e. The molecule has 8 heteroatoms. The summed E-state index contributed by atoms with van der Waals surface area (Å²) in [5.74, 6) is 0.598. The number of ether oxygens (including phenoxy) is 1. The Balaban J connectivity index is 2.50. The fourth-order valence-electron chi connectivity index (χ4n) is 2.39. The lowest BCUT2D eigenvalue weighted by molar-refractivity contribution is -0.127. The third kappa shape index (κ3) is 7.13. The number of nitrogens with one attached hydrogen (secondary N) is 2. The lowest BCUT2D eigenvalue weighted by Crippen LogP contribution is -2.40. The molecule has 1 aromatic heterocycles. The van der Waals surface area contributed by atoms with Crippen LogP contribution in [0.2, 0.25) is 0 Å². The van der Waals surface area contributed by atoms with Gasteiger partial charge >= 0.3 is 0 Å². The quantitative estimate of drug-likeness (QED) is 0.378. The normalized spacial score (nSPS) is 11.5. The van der Waals surface area contributed by atoms with Gasteiger partial charge in [-0.25, -0.2) is 4.99 Å². The van der Waals surface area contributed by atoms with E-state index in [9.17, 15) is 4.79 Å². The number of amides is 1. The second kappa shape index (κ2) is 10.7. The molecule has 0 spiro atoms. The molecule has 1 amide bonds. The van der Waals surface area contributed by atoms with Gasteiger partial charge in [-0.05, 0) is 32.3 Å². The minimum atomic E-state index is -0.0329. The first-order valence-electron chi connectivity index (χ1n) is 8.57. The molecule has 8 nitrogen and oxygen atoms in total. The Morgan fingerprint density at radius 1 is 1.28 bits per heavy atom. The minimum absolute atomic E-state index is 0.0329. The summed E-state index contributed by atoms with van der Waals surface area (Å²) in [6, 6.07) is 0. The van der Waals surface area contributed by atoms with Crippen molar-refractivity contribution in [3.05, 3.63) is 17.0 Å². The van der Waals surface area contributed by atoms with Gasteiger partial charge in [-0.15, -0.1) is 0 Å². The molecule has 1 rings (SSSR count). The maximum atomic E-state index is 11.7. The Morgan fingerprint density at radius 3 is 2.52 bits per heavy atom. The summed E-state index contributed by atoms with van der Waals surface area (Å²) < 4.78 is 6.96. The van der Waals surface area contributed by atoms with Crippen molar-refractivity contribution in [2.75, 3.05) is 47.4 Å². The molecular weight excluding hydrogens is 320 g/mol. The van der Waals surface area contributed by atoms with Crippen LogP contribution in [0.15, 0.2) is 4.99 Å². The SMILES string of the molecule is COCCNC(=NCC(=O)N(C)C)NCCCc1c(C)nn(C)c1C. The number of methoxy groups -OCH3 is 1. The highest BCUT2D eigenvalue weighted by Crippen LogP contribution is 2.13. The molecule has 0 saturated carbocycles. The van der Waals surface area contributed by atoms with E-state index in [1.807, 2.05) is 18.7 Å². The topological polar surface area (TPSA) is 83.8 Å². The van der Waals surface area contributed by atoms with Crippen molar-refractivity contribution in [1.29, 1.82) is 0 Å². The van der Waals surface area contributed by atoms with Gasteiger partial charge in [-0.3, -0.25) is 9.48 Å². The zero-order valence-corrected chi connectivity index (χ0v) is 16.3. The Hall–Kier alpha value is -2.09. The molecule has 25 heavy (non-hydrogen) atoms. The van der Waals surface area contributed by atoms with Crippen molar-refractivity contribution >= 4 is 11.9 Å². The second-order valence-corrected chi connectivity index (χ2v) is 6.18. The Labute approximate surface area is 150 Å². The first-order chi connectivity index (χ1) is 11.9. The average molecular weight is 352 g/mol. The number of hydrogen-bond donors (Lipinski definition) is 2. The summed E-state index contributed by atoms with van der Waals surface area (Å²) in [4.78, 5) is 17.6. The van der Waals surface area contributed by atoms with Gasteiger partial charge in [0.15, 0.2) is 5.96 Å². The lowest BCUT2D eigenvalue weighted by Gasteiger charge is -2.13. The van der Waals surface area contributed by atoms with Crippen molar-refractivity contribution in [2.45, 2.75) is 26.7 Å². The Bertz CT molecular complexity index is 580. The van der Waals surface area contributed by atoms with E-state index in [-0.39, 0.29) is 12.5 Å². The first kappa shape index (κ1) is 21.0. The molecule has 0 aliphatic carbocycles. The van der Waals surface area contributed by atoms with Crippen LogP contribution in [-0.2, 0) is 23.0 Å². The molecule has 0 radical (unpaired) electrons. The number of nitrogens with zero attached hydrogens (tertiary/aromatic N) is 4. The van der Waals surface area contributed by atoms with Crippen LogP contribution >= 0.6 is 0 Å². The highest BCUT2D eigenvalue weighted by molar-refractivity contribution is 5.84. The van der Waals surface area contributed by atoms with Crippen molar-refractivity contribution < 1.29 is 9.53 Å². The zero-order valence-electron chi connectivity index (χ0n) is 16.3. The maximum absolute atomic E-state index is 11.7. The Kier molecular flexibility index (Phi) is 8.98. The van der Waals surface area contributed by atoms with Gasteiger partial charge in [0, 0.05) is 47.0 Å². The molecule has 0 bridgehead atoms. The number of carbonyl (C=O) groups is 1. The number of aromatic nitrogens is 2. The zero-order chi connectivity index (χ0) is 18.8. The summed E-state index contributed by atoms with van der Waals surface area (Å²) in [5.41, 5.74) is 3.60. The molecule has 1 heterocycles. The number of aliphatic imine (C=N–C) groups is 1. The summed E-state index contributed by atoms with van der Waals surface area (Å²) in [7, 11) is 7.07. The second-order valence-electron chi connectivity index (χ2n) is 6.18. The smallest absolute Gasteiger partial charge is 0.243 e. The number of guanidine groups is 1. The highest BCUT2D eigenvalue weighted by atomic mass is 16.5. The van der Waals surface area contributed by atoms with E-state index >= 15 is 0 Å². The van der Waals surface area contributed by atoms with Gasteiger partial charge in [0.25, 0.3) is 0 Å². The minimum Gasteiger partial charge on any atom is -0.383 e. The first-order valence-corrected chi connectivity index (χ1v) is 8.57. The van der Waals surface area contributed by atoms with Crippen LogP contribution in [0.5, 0.6) is 0 Å². The third-order valence-electron chi connectivity index (χ3n) is 4.02. The number of aryl methyl sites for hydroxylation is 2. The van der Waals surface area contributed by atoms with Crippen molar-refractivity contribution in [2.24, 2.45) is 12.0 Å². The fourth-order valence-corrected chi connectivity index (χ4v) is 2.39. The summed E-state index contributed by atoms with van der Waals surface area (Å²) in [6.45, 7) is 6.24. The van der Waals surface area contributed by atoms with Crippen LogP contribution in [0.1, 0.15) is 23.4 Å². The van der Waals surface area contributed by atoms with Crippen molar-refractivity contribution in [1.82, 2.24) is 25.3 Å². The molecule has 0 saturated heterocycles. The third-order valence-corrected chi connectivity index (χ3v) is 4.02. The van der Waals surface area contributed by atoms with E-state index in [2.05, 4.69) is 27.6 Å². The maximum Gasteiger partial charge on any atom is 0.243 e. The van der Waals surface area contributed by atoms with E-state index < -0.39 is 0 Å². The fraction of sp³-hybridized carbons (Fsp3) is 0.706. The number of carbonyl (C=O) groups excluding carboxylic acids is 1. The predicted octanol–water partition coefficient (Wildman–Crippen LogP) is 0.239. The van der Waals surface area contributed by atoms with Crippen LogP contribution < -0.4 is 10.6 Å². The lowest BCUT2D eigenvalue weighted by atomic mass is 10.1. The van der Waals surface area contributed by atoms with Crippen molar-refractivity contribution in [3.8, 4) is 0 Å². The molecule has 0 fully saturated rings. The Morgan fingerprint density at radius 2 is 1.96 bits per heavy atom. The summed E-state index contributed by atoms with van der Waals surface area (Å²) in [5, 5.41) is 10.9. The summed E-state index contributed by atoms with van der Waals surface area (Å²) in [6.07, 6.45) is 1.92. The van der Waals surface area contributed by atoms with Gasteiger partial charge in [-0.2, -0.15) is 5.10 Å². The summed E-state index contributed by atoms with van der Waals surface area (Å²) >= 11 is 0. The predicted molar refractivity (Wildman–Crippen MR) is 99.9 cm³/mol. The molecule has 0 aliphatic heterocycles. The standard InChI is InChI=1S/C17H32N6O2/c1-13-15(14(2)23(5)21-13)8-7-9-18-17(19-10-11-25-6)20-12-16(24)22(3)4/h7-12H2,1-6H3,(H2,18,19,20). The van der Waals surface area contributed by atoms with Crippen LogP contribution in [0.4, 0.5) is 0 Å². The number of rotatable bonds is 9. The molecule has 0 aliphatic rings. The van der Waals surface area contributed by atoms with Gasteiger partial charge in [0.2, 0.25) is 5.91 Å². The molecule has 2 N–H and O–H groups in total. The molecule has 142 valence electrons.